The molecule has 0 unspecified atom stereocenters. The highest BCUT2D eigenvalue weighted by Crippen LogP contribution is 2.27. The van der Waals surface area contributed by atoms with Crippen molar-refractivity contribution in [2.45, 2.75) is 6.42 Å². The van der Waals surface area contributed by atoms with Crippen molar-refractivity contribution in [3.8, 4) is 0 Å². The van der Waals surface area contributed by atoms with E-state index < -0.39 is 0 Å². The third-order valence-corrected chi connectivity index (χ3v) is 3.14. The Kier molecular flexibility index (Phi) is 2.76. The van der Waals surface area contributed by atoms with E-state index in [0.717, 1.165) is 16.6 Å². The molecule has 0 amide bonds. The molecular formula is C15H14N4. The van der Waals surface area contributed by atoms with Gasteiger partial charge in [0.2, 0.25) is 0 Å². The summed E-state index contributed by atoms with van der Waals surface area (Å²) in [6.45, 7) is 0. The molecule has 2 heterocycles. The fourth-order valence-electron chi connectivity index (χ4n) is 2.16. The second-order valence-electron chi connectivity index (χ2n) is 4.42. The number of hydrogen-bond donors (Lipinski definition) is 2. The second kappa shape index (κ2) is 4.57. The maximum absolute atomic E-state index is 6.19. The first-order valence-corrected chi connectivity index (χ1v) is 6.08. The Morgan fingerprint density at radius 1 is 0.947 bits per heavy atom. The van der Waals surface area contributed by atoms with E-state index >= 15 is 0 Å². The maximum Gasteiger partial charge on any atom is 0.129 e. The van der Waals surface area contributed by atoms with Gasteiger partial charge in [-0.2, -0.15) is 0 Å². The molecule has 0 fully saturated rings. The van der Waals surface area contributed by atoms with Crippen molar-refractivity contribution in [2.75, 3.05) is 11.5 Å². The molecule has 1 aromatic carbocycles. The summed E-state index contributed by atoms with van der Waals surface area (Å²) in [5.41, 5.74) is 16.3. The summed E-state index contributed by atoms with van der Waals surface area (Å²) in [4.78, 5) is 8.65. The van der Waals surface area contributed by atoms with Gasteiger partial charge in [-0.1, -0.05) is 30.3 Å². The first-order valence-electron chi connectivity index (χ1n) is 6.08. The summed E-state index contributed by atoms with van der Waals surface area (Å²) in [5.74, 6) is 0.474. The summed E-state index contributed by atoms with van der Waals surface area (Å²) in [6.07, 6.45) is 2.38. The van der Waals surface area contributed by atoms with Crippen LogP contribution in [0.3, 0.4) is 0 Å². The normalized spacial score (nSPS) is 10.7. The first kappa shape index (κ1) is 11.5. The van der Waals surface area contributed by atoms with Gasteiger partial charge >= 0.3 is 0 Å². The molecule has 94 valence electrons. The van der Waals surface area contributed by atoms with Crippen LogP contribution in [0.2, 0.25) is 0 Å². The van der Waals surface area contributed by atoms with E-state index in [2.05, 4.69) is 9.97 Å². The largest absolute Gasteiger partial charge is 0.397 e. The van der Waals surface area contributed by atoms with Crippen molar-refractivity contribution in [3.05, 3.63) is 59.8 Å². The number of nitrogens with two attached hydrogens (primary N) is 2. The zero-order valence-corrected chi connectivity index (χ0v) is 10.4. The molecule has 0 radical (unpaired) electrons. The lowest BCUT2D eigenvalue weighted by molar-refractivity contribution is 1.17. The Labute approximate surface area is 111 Å². The number of anilines is 2. The van der Waals surface area contributed by atoms with Gasteiger partial charge in [0, 0.05) is 18.2 Å². The minimum atomic E-state index is 0.474. The van der Waals surface area contributed by atoms with E-state index in [0.29, 0.717) is 23.4 Å². The molecule has 4 heteroatoms. The fourth-order valence-corrected chi connectivity index (χ4v) is 2.16. The van der Waals surface area contributed by atoms with Gasteiger partial charge in [-0.3, -0.25) is 4.98 Å². The van der Waals surface area contributed by atoms with Gasteiger partial charge in [0.05, 0.1) is 11.2 Å². The highest BCUT2D eigenvalue weighted by atomic mass is 14.9. The molecule has 4 nitrogen and oxygen atoms in total. The van der Waals surface area contributed by atoms with Gasteiger partial charge in [-0.05, 0) is 17.7 Å². The Hall–Kier alpha value is -2.62. The van der Waals surface area contributed by atoms with Crippen LogP contribution in [0.4, 0.5) is 11.5 Å². The third-order valence-electron chi connectivity index (χ3n) is 3.14. The van der Waals surface area contributed by atoms with Crippen molar-refractivity contribution < 1.29 is 0 Å². The first-order chi connectivity index (χ1) is 9.25. The van der Waals surface area contributed by atoms with E-state index in [1.54, 1.807) is 6.20 Å². The summed E-state index contributed by atoms with van der Waals surface area (Å²) < 4.78 is 0. The smallest absolute Gasteiger partial charge is 0.129 e. The summed E-state index contributed by atoms with van der Waals surface area (Å²) in [5, 5.41) is 0. The molecule has 0 saturated heterocycles. The zero-order chi connectivity index (χ0) is 13.2. The maximum atomic E-state index is 6.19. The predicted molar refractivity (Wildman–Crippen MR) is 77.6 cm³/mol. The Morgan fingerprint density at radius 2 is 1.74 bits per heavy atom. The molecule has 3 aromatic rings. The van der Waals surface area contributed by atoms with Crippen LogP contribution < -0.4 is 11.5 Å². The van der Waals surface area contributed by atoms with Crippen LogP contribution in [-0.2, 0) is 6.42 Å². The van der Waals surface area contributed by atoms with Crippen molar-refractivity contribution in [1.29, 1.82) is 0 Å². The highest BCUT2D eigenvalue weighted by molar-refractivity contribution is 5.90. The number of fused-ring (bicyclic) bond motifs is 1. The molecule has 0 aliphatic carbocycles. The molecule has 0 aliphatic rings. The van der Waals surface area contributed by atoms with E-state index in [4.69, 9.17) is 11.5 Å². The monoisotopic (exact) mass is 250 g/mol. The lowest BCUT2D eigenvalue weighted by atomic mass is 10.0. The van der Waals surface area contributed by atoms with Crippen molar-refractivity contribution in [3.63, 3.8) is 0 Å². The van der Waals surface area contributed by atoms with Crippen LogP contribution in [-0.4, -0.2) is 9.97 Å². The minimum absolute atomic E-state index is 0.474. The van der Waals surface area contributed by atoms with Crippen LogP contribution in [0.1, 0.15) is 11.1 Å². The average molecular weight is 250 g/mol. The van der Waals surface area contributed by atoms with Crippen molar-refractivity contribution in [1.82, 2.24) is 9.97 Å². The summed E-state index contributed by atoms with van der Waals surface area (Å²) in [7, 11) is 0. The lowest BCUT2D eigenvalue weighted by Crippen LogP contribution is -2.05. The van der Waals surface area contributed by atoms with E-state index in [9.17, 15) is 0 Å². The van der Waals surface area contributed by atoms with E-state index in [1.165, 1.54) is 0 Å². The van der Waals surface area contributed by atoms with Crippen molar-refractivity contribution in [2.24, 2.45) is 0 Å². The fraction of sp³-hybridized carbons (Fsp3) is 0.0667. The Balaban J connectivity index is 2.13. The molecule has 2 aromatic heterocycles. The van der Waals surface area contributed by atoms with Crippen LogP contribution in [0, 0.1) is 0 Å². The van der Waals surface area contributed by atoms with Crippen LogP contribution in [0.5, 0.6) is 0 Å². The molecule has 0 saturated carbocycles. The molecule has 19 heavy (non-hydrogen) atoms. The van der Waals surface area contributed by atoms with Gasteiger partial charge in [0.15, 0.2) is 0 Å². The standard InChI is InChI=1S/C15H14N4/c16-13-11(9-10-5-2-1-3-6-10)15(17)19-12-7-4-8-18-14(12)13/h1-8H,9H2,(H4,16,17,19). The zero-order valence-electron chi connectivity index (χ0n) is 10.4. The van der Waals surface area contributed by atoms with Crippen molar-refractivity contribution >= 4 is 22.5 Å². The van der Waals surface area contributed by atoms with Crippen LogP contribution >= 0.6 is 0 Å². The molecule has 4 N–H and O–H groups in total. The molecule has 0 bridgehead atoms. The van der Waals surface area contributed by atoms with E-state index in [1.807, 2.05) is 42.5 Å². The lowest BCUT2D eigenvalue weighted by Gasteiger charge is -2.11. The van der Waals surface area contributed by atoms with Crippen LogP contribution in [0.15, 0.2) is 48.7 Å². The molecule has 3 rings (SSSR count). The molecule has 0 aliphatic heterocycles. The summed E-state index contributed by atoms with van der Waals surface area (Å²) >= 11 is 0. The predicted octanol–water partition coefficient (Wildman–Crippen LogP) is 2.39. The highest BCUT2D eigenvalue weighted by Gasteiger charge is 2.11. The van der Waals surface area contributed by atoms with Gasteiger partial charge in [-0.25, -0.2) is 4.98 Å². The van der Waals surface area contributed by atoms with E-state index in [-0.39, 0.29) is 0 Å². The Morgan fingerprint density at radius 3 is 2.53 bits per heavy atom. The van der Waals surface area contributed by atoms with Gasteiger partial charge < -0.3 is 11.5 Å². The summed E-state index contributed by atoms with van der Waals surface area (Å²) in [6, 6.07) is 13.7. The average Bonchev–Trinajstić information content (AvgIpc) is 2.45. The molecular weight excluding hydrogens is 236 g/mol. The topological polar surface area (TPSA) is 77.8 Å². The molecule has 0 atom stereocenters. The number of nitrogens with zero attached hydrogens (tertiary/aromatic N) is 2. The minimum Gasteiger partial charge on any atom is -0.397 e. The number of pyridine rings is 2. The number of hydrogen-bond acceptors (Lipinski definition) is 4. The van der Waals surface area contributed by atoms with Gasteiger partial charge in [-0.15, -0.1) is 0 Å². The third kappa shape index (κ3) is 2.08. The quantitative estimate of drug-likeness (QED) is 0.732. The SMILES string of the molecule is Nc1nc2cccnc2c(N)c1Cc1ccccc1. The number of nitrogen functional groups attached to an aromatic ring is 2. The molecule has 0 spiro atoms. The van der Waals surface area contributed by atoms with Gasteiger partial charge in [0.1, 0.15) is 11.3 Å². The number of aromatic nitrogens is 2. The second-order valence-corrected chi connectivity index (χ2v) is 4.42. The Bertz CT molecular complexity index is 723. The van der Waals surface area contributed by atoms with Crippen LogP contribution in [0.25, 0.3) is 11.0 Å². The number of rotatable bonds is 2. The number of benzene rings is 1. The van der Waals surface area contributed by atoms with Gasteiger partial charge in [0.25, 0.3) is 0 Å².